The normalized spacial score (nSPS) is 11.1. The van der Waals surface area contributed by atoms with E-state index < -0.39 is 0 Å². The van der Waals surface area contributed by atoms with Crippen LogP contribution in [0, 0.1) is 6.92 Å². The predicted molar refractivity (Wildman–Crippen MR) is 89.7 cm³/mol. The van der Waals surface area contributed by atoms with Crippen LogP contribution in [0.2, 0.25) is 0 Å². The summed E-state index contributed by atoms with van der Waals surface area (Å²) in [5.74, 6) is 0.879. The standard InChI is InChI=1S/C14H23N3.HI/c1-5-15-14(17-11(2)3)16-10-13-8-6-7-12(4)9-13;/h6-9,11H,5,10H2,1-4H3,(H2,15,16,17);1H. The molecule has 0 amide bonds. The summed E-state index contributed by atoms with van der Waals surface area (Å²) in [6.07, 6.45) is 0. The lowest BCUT2D eigenvalue weighted by atomic mass is 10.1. The maximum atomic E-state index is 4.56. The van der Waals surface area contributed by atoms with Gasteiger partial charge in [-0.2, -0.15) is 0 Å². The first-order chi connectivity index (χ1) is 8.11. The number of nitrogens with zero attached hydrogens (tertiary/aromatic N) is 1. The highest BCUT2D eigenvalue weighted by atomic mass is 127. The third kappa shape index (κ3) is 6.83. The van der Waals surface area contributed by atoms with Gasteiger partial charge in [-0.25, -0.2) is 4.99 Å². The number of aryl methyl sites for hydroxylation is 1. The van der Waals surface area contributed by atoms with Crippen LogP contribution in [0.3, 0.4) is 0 Å². The van der Waals surface area contributed by atoms with E-state index in [0.29, 0.717) is 12.6 Å². The average Bonchev–Trinajstić information content (AvgIpc) is 2.26. The van der Waals surface area contributed by atoms with Crippen LogP contribution in [-0.4, -0.2) is 18.5 Å². The third-order valence-electron chi connectivity index (χ3n) is 2.27. The zero-order chi connectivity index (χ0) is 12.7. The molecule has 1 rings (SSSR count). The first-order valence-electron chi connectivity index (χ1n) is 6.22. The summed E-state index contributed by atoms with van der Waals surface area (Å²) in [6, 6.07) is 8.84. The van der Waals surface area contributed by atoms with Crippen molar-refractivity contribution >= 4 is 29.9 Å². The Balaban J connectivity index is 0.00000289. The fourth-order valence-corrected chi connectivity index (χ4v) is 1.57. The largest absolute Gasteiger partial charge is 0.357 e. The number of halogens is 1. The number of hydrogen-bond acceptors (Lipinski definition) is 1. The molecule has 0 fully saturated rings. The van der Waals surface area contributed by atoms with Crippen molar-refractivity contribution in [1.82, 2.24) is 10.6 Å². The van der Waals surface area contributed by atoms with Crippen LogP contribution in [0.5, 0.6) is 0 Å². The van der Waals surface area contributed by atoms with E-state index in [0.717, 1.165) is 12.5 Å². The van der Waals surface area contributed by atoms with E-state index in [1.54, 1.807) is 0 Å². The van der Waals surface area contributed by atoms with Crippen molar-refractivity contribution in [1.29, 1.82) is 0 Å². The van der Waals surface area contributed by atoms with Gasteiger partial charge in [0.2, 0.25) is 0 Å². The average molecular weight is 361 g/mol. The molecule has 4 heteroatoms. The second kappa shape index (κ2) is 9.19. The van der Waals surface area contributed by atoms with Gasteiger partial charge in [-0.15, -0.1) is 24.0 Å². The maximum absolute atomic E-state index is 4.56. The minimum absolute atomic E-state index is 0. The van der Waals surface area contributed by atoms with E-state index >= 15 is 0 Å². The molecule has 1 aromatic carbocycles. The van der Waals surface area contributed by atoms with Crippen molar-refractivity contribution in [2.45, 2.75) is 40.3 Å². The van der Waals surface area contributed by atoms with Crippen LogP contribution < -0.4 is 10.6 Å². The van der Waals surface area contributed by atoms with Crippen molar-refractivity contribution in [2.24, 2.45) is 4.99 Å². The zero-order valence-electron chi connectivity index (χ0n) is 11.7. The molecule has 0 saturated carbocycles. The highest BCUT2D eigenvalue weighted by molar-refractivity contribution is 14.0. The maximum Gasteiger partial charge on any atom is 0.191 e. The fourth-order valence-electron chi connectivity index (χ4n) is 1.57. The lowest BCUT2D eigenvalue weighted by Crippen LogP contribution is -2.40. The topological polar surface area (TPSA) is 36.4 Å². The first-order valence-corrected chi connectivity index (χ1v) is 6.22. The molecule has 1 aromatic rings. The first kappa shape index (κ1) is 17.2. The molecule has 0 aromatic heterocycles. The second-order valence-corrected chi connectivity index (χ2v) is 4.48. The van der Waals surface area contributed by atoms with Crippen LogP contribution in [0.1, 0.15) is 31.9 Å². The van der Waals surface area contributed by atoms with Gasteiger partial charge < -0.3 is 10.6 Å². The quantitative estimate of drug-likeness (QED) is 0.491. The van der Waals surface area contributed by atoms with Crippen molar-refractivity contribution < 1.29 is 0 Å². The molecular weight excluding hydrogens is 337 g/mol. The Labute approximate surface area is 127 Å². The number of nitrogens with one attached hydrogen (secondary N) is 2. The SMILES string of the molecule is CCNC(=NCc1cccc(C)c1)NC(C)C.I. The summed E-state index contributed by atoms with van der Waals surface area (Å²) in [4.78, 5) is 4.56. The Hall–Kier alpha value is -0.780. The Morgan fingerprint density at radius 1 is 1.33 bits per heavy atom. The van der Waals surface area contributed by atoms with Crippen molar-refractivity contribution in [3.05, 3.63) is 35.4 Å². The lowest BCUT2D eigenvalue weighted by Gasteiger charge is -2.13. The van der Waals surface area contributed by atoms with Gasteiger partial charge in [0, 0.05) is 12.6 Å². The van der Waals surface area contributed by atoms with E-state index in [1.807, 2.05) is 0 Å². The van der Waals surface area contributed by atoms with Gasteiger partial charge in [0.1, 0.15) is 0 Å². The molecule has 2 N–H and O–H groups in total. The van der Waals surface area contributed by atoms with Gasteiger partial charge in [0.05, 0.1) is 6.54 Å². The van der Waals surface area contributed by atoms with Crippen molar-refractivity contribution in [3.63, 3.8) is 0 Å². The number of benzene rings is 1. The van der Waals surface area contributed by atoms with Gasteiger partial charge >= 0.3 is 0 Å². The van der Waals surface area contributed by atoms with E-state index in [4.69, 9.17) is 0 Å². The molecular formula is C14H24IN3. The van der Waals surface area contributed by atoms with Crippen LogP contribution in [0.25, 0.3) is 0 Å². The second-order valence-electron chi connectivity index (χ2n) is 4.48. The number of guanidine groups is 1. The molecule has 0 aliphatic carbocycles. The predicted octanol–water partition coefficient (Wildman–Crippen LogP) is 3.08. The Bertz CT molecular complexity index is 375. The third-order valence-corrected chi connectivity index (χ3v) is 2.27. The number of rotatable bonds is 4. The summed E-state index contributed by atoms with van der Waals surface area (Å²) >= 11 is 0. The molecule has 18 heavy (non-hydrogen) atoms. The lowest BCUT2D eigenvalue weighted by molar-refractivity contribution is 0.700. The van der Waals surface area contributed by atoms with Crippen molar-refractivity contribution in [2.75, 3.05) is 6.54 Å². The molecule has 0 aliphatic heterocycles. The highest BCUT2D eigenvalue weighted by Gasteiger charge is 1.99. The van der Waals surface area contributed by atoms with Crippen LogP contribution in [0.15, 0.2) is 29.3 Å². The molecule has 0 saturated heterocycles. The van der Waals surface area contributed by atoms with Crippen LogP contribution in [0.4, 0.5) is 0 Å². The molecule has 0 aliphatic rings. The van der Waals surface area contributed by atoms with Crippen molar-refractivity contribution in [3.8, 4) is 0 Å². The molecule has 0 atom stereocenters. The highest BCUT2D eigenvalue weighted by Crippen LogP contribution is 2.04. The van der Waals surface area contributed by atoms with Gasteiger partial charge in [-0.05, 0) is 33.3 Å². The van der Waals surface area contributed by atoms with E-state index in [1.165, 1.54) is 11.1 Å². The van der Waals surface area contributed by atoms with Crippen LogP contribution in [-0.2, 0) is 6.54 Å². The van der Waals surface area contributed by atoms with Gasteiger partial charge in [0.15, 0.2) is 5.96 Å². The molecule has 0 bridgehead atoms. The van der Waals surface area contributed by atoms with E-state index in [2.05, 4.69) is 67.6 Å². The monoisotopic (exact) mass is 361 g/mol. The summed E-state index contributed by atoms with van der Waals surface area (Å²) in [5, 5.41) is 6.54. The smallest absolute Gasteiger partial charge is 0.191 e. The summed E-state index contributed by atoms with van der Waals surface area (Å²) < 4.78 is 0. The summed E-state index contributed by atoms with van der Waals surface area (Å²) in [6.45, 7) is 9.99. The zero-order valence-corrected chi connectivity index (χ0v) is 14.0. The molecule has 0 radical (unpaired) electrons. The number of aliphatic imine (C=N–C) groups is 1. The fraction of sp³-hybridized carbons (Fsp3) is 0.500. The van der Waals surface area contributed by atoms with Gasteiger partial charge in [0.25, 0.3) is 0 Å². The van der Waals surface area contributed by atoms with E-state index in [-0.39, 0.29) is 24.0 Å². The molecule has 0 heterocycles. The van der Waals surface area contributed by atoms with Crippen LogP contribution >= 0.6 is 24.0 Å². The Kier molecular flexibility index (Phi) is 8.79. The van der Waals surface area contributed by atoms with Gasteiger partial charge in [-0.1, -0.05) is 29.8 Å². The molecule has 102 valence electrons. The molecule has 3 nitrogen and oxygen atoms in total. The number of hydrogen-bond donors (Lipinski definition) is 2. The summed E-state index contributed by atoms with van der Waals surface area (Å²) in [5.41, 5.74) is 2.52. The minimum atomic E-state index is 0. The Morgan fingerprint density at radius 2 is 2.06 bits per heavy atom. The summed E-state index contributed by atoms with van der Waals surface area (Å²) in [7, 11) is 0. The van der Waals surface area contributed by atoms with E-state index in [9.17, 15) is 0 Å². The Morgan fingerprint density at radius 3 is 2.61 bits per heavy atom. The molecule has 0 unspecified atom stereocenters. The minimum Gasteiger partial charge on any atom is -0.357 e. The van der Waals surface area contributed by atoms with Gasteiger partial charge in [-0.3, -0.25) is 0 Å². The molecule has 0 spiro atoms.